The van der Waals surface area contributed by atoms with Gasteiger partial charge in [0.15, 0.2) is 0 Å². The van der Waals surface area contributed by atoms with Gasteiger partial charge in [0.2, 0.25) is 0 Å². The van der Waals surface area contributed by atoms with Gasteiger partial charge in [-0.1, -0.05) is 29.3 Å². The topological polar surface area (TPSA) is 53.4 Å². The van der Waals surface area contributed by atoms with Gasteiger partial charge in [0.05, 0.1) is 5.56 Å². The van der Waals surface area contributed by atoms with Crippen LogP contribution in [-0.2, 0) is 13.0 Å². The largest absolute Gasteiger partial charge is 0.508 e. The fraction of sp³-hybridized carbons (Fsp3) is 0.200. The van der Waals surface area contributed by atoms with Crippen molar-refractivity contribution in [2.24, 2.45) is 0 Å². The highest BCUT2D eigenvalue weighted by molar-refractivity contribution is 6.34. The number of pyridine rings is 1. The first-order valence-electron chi connectivity index (χ1n) is 6.46. The van der Waals surface area contributed by atoms with Crippen molar-refractivity contribution in [1.82, 2.24) is 9.88 Å². The molecule has 21 heavy (non-hydrogen) atoms. The third-order valence-electron chi connectivity index (χ3n) is 3.53. The van der Waals surface area contributed by atoms with Crippen molar-refractivity contribution in [3.8, 4) is 5.75 Å². The molecule has 0 unspecified atom stereocenters. The summed E-state index contributed by atoms with van der Waals surface area (Å²) >= 11 is 11.7. The molecule has 108 valence electrons. The van der Waals surface area contributed by atoms with Gasteiger partial charge in [0.25, 0.3) is 5.91 Å². The molecule has 0 bridgehead atoms. The fourth-order valence-corrected chi connectivity index (χ4v) is 2.88. The van der Waals surface area contributed by atoms with Crippen LogP contribution in [-0.4, -0.2) is 27.4 Å². The van der Waals surface area contributed by atoms with Crippen molar-refractivity contribution >= 4 is 29.1 Å². The monoisotopic (exact) mass is 322 g/mol. The highest BCUT2D eigenvalue weighted by Crippen LogP contribution is 2.25. The summed E-state index contributed by atoms with van der Waals surface area (Å²) in [6.45, 7) is 1.05. The van der Waals surface area contributed by atoms with E-state index in [1.54, 1.807) is 29.2 Å². The first-order valence-corrected chi connectivity index (χ1v) is 7.22. The van der Waals surface area contributed by atoms with E-state index < -0.39 is 0 Å². The average molecular weight is 323 g/mol. The van der Waals surface area contributed by atoms with E-state index in [-0.39, 0.29) is 22.0 Å². The summed E-state index contributed by atoms with van der Waals surface area (Å²) in [4.78, 5) is 18.1. The normalized spacial score (nSPS) is 13.9. The molecule has 1 aromatic heterocycles. The molecule has 6 heteroatoms. The third kappa shape index (κ3) is 2.82. The van der Waals surface area contributed by atoms with E-state index >= 15 is 0 Å². The second kappa shape index (κ2) is 5.54. The maximum absolute atomic E-state index is 12.5. The van der Waals surface area contributed by atoms with Crippen LogP contribution in [0, 0.1) is 0 Å². The van der Waals surface area contributed by atoms with Crippen LogP contribution in [0.2, 0.25) is 10.3 Å². The lowest BCUT2D eigenvalue weighted by Crippen LogP contribution is -2.36. The van der Waals surface area contributed by atoms with Gasteiger partial charge in [-0.25, -0.2) is 4.98 Å². The molecule has 4 nitrogen and oxygen atoms in total. The minimum atomic E-state index is -0.182. The summed E-state index contributed by atoms with van der Waals surface area (Å²) in [6.07, 6.45) is 0.750. The Balaban J connectivity index is 1.87. The number of aromatic hydroxyl groups is 1. The maximum Gasteiger partial charge on any atom is 0.257 e. The molecular weight excluding hydrogens is 311 g/mol. The molecule has 0 aliphatic carbocycles. The Bertz CT molecular complexity index is 719. The highest BCUT2D eigenvalue weighted by atomic mass is 35.5. The maximum atomic E-state index is 12.5. The number of hydrogen-bond acceptors (Lipinski definition) is 3. The number of fused-ring (bicyclic) bond motifs is 1. The van der Waals surface area contributed by atoms with Gasteiger partial charge in [-0.3, -0.25) is 4.79 Å². The quantitative estimate of drug-likeness (QED) is 0.819. The van der Waals surface area contributed by atoms with Gasteiger partial charge in [-0.2, -0.15) is 0 Å². The van der Waals surface area contributed by atoms with E-state index in [0.717, 1.165) is 17.5 Å². The molecular formula is C15H12Cl2N2O2. The minimum absolute atomic E-state index is 0.106. The number of carbonyl (C=O) groups excluding carboxylic acids is 1. The second-order valence-electron chi connectivity index (χ2n) is 4.90. The molecule has 1 aliphatic heterocycles. The van der Waals surface area contributed by atoms with E-state index in [9.17, 15) is 9.90 Å². The van der Waals surface area contributed by atoms with Gasteiger partial charge in [-0.05, 0) is 41.8 Å². The molecule has 1 aromatic carbocycles. The molecule has 0 saturated heterocycles. The molecule has 1 N–H and O–H groups in total. The molecule has 1 amide bonds. The molecule has 2 heterocycles. The number of benzene rings is 1. The summed E-state index contributed by atoms with van der Waals surface area (Å²) in [6, 6.07) is 8.37. The molecule has 3 rings (SSSR count). The van der Waals surface area contributed by atoms with Crippen LogP contribution in [0.1, 0.15) is 21.5 Å². The van der Waals surface area contributed by atoms with Crippen molar-refractivity contribution in [3.05, 3.63) is 57.3 Å². The zero-order valence-electron chi connectivity index (χ0n) is 11.0. The highest BCUT2D eigenvalue weighted by Gasteiger charge is 2.24. The van der Waals surface area contributed by atoms with Gasteiger partial charge in [0, 0.05) is 13.1 Å². The molecule has 1 aliphatic rings. The summed E-state index contributed by atoms with van der Waals surface area (Å²) in [5.41, 5.74) is 2.44. The first-order chi connectivity index (χ1) is 10.0. The van der Waals surface area contributed by atoms with Crippen molar-refractivity contribution in [3.63, 3.8) is 0 Å². The van der Waals surface area contributed by atoms with Crippen molar-refractivity contribution in [2.75, 3.05) is 6.54 Å². The number of phenolic OH excluding ortho intramolecular Hbond substituents is 1. The van der Waals surface area contributed by atoms with E-state index in [2.05, 4.69) is 4.98 Å². The SMILES string of the molecule is O=C(c1ccc(Cl)nc1Cl)N1CCc2ccc(O)cc2C1. The van der Waals surface area contributed by atoms with E-state index in [1.807, 2.05) is 6.07 Å². The molecule has 0 atom stereocenters. The number of carbonyl (C=O) groups is 1. The Kier molecular flexibility index (Phi) is 3.74. The first kappa shape index (κ1) is 14.2. The van der Waals surface area contributed by atoms with Gasteiger partial charge < -0.3 is 10.0 Å². The molecule has 2 aromatic rings. The van der Waals surface area contributed by atoms with Crippen LogP contribution < -0.4 is 0 Å². The smallest absolute Gasteiger partial charge is 0.257 e. The van der Waals surface area contributed by atoms with Crippen LogP contribution in [0.5, 0.6) is 5.75 Å². The van der Waals surface area contributed by atoms with Crippen LogP contribution in [0.3, 0.4) is 0 Å². The van der Waals surface area contributed by atoms with Crippen LogP contribution in [0.15, 0.2) is 30.3 Å². The van der Waals surface area contributed by atoms with Crippen molar-refractivity contribution in [2.45, 2.75) is 13.0 Å². The van der Waals surface area contributed by atoms with E-state index in [0.29, 0.717) is 18.7 Å². The van der Waals surface area contributed by atoms with E-state index in [4.69, 9.17) is 23.2 Å². The number of aromatic nitrogens is 1. The lowest BCUT2D eigenvalue weighted by atomic mass is 9.99. The predicted octanol–water partition coefficient (Wildman–Crippen LogP) is 3.29. The van der Waals surface area contributed by atoms with Crippen molar-refractivity contribution < 1.29 is 9.90 Å². The van der Waals surface area contributed by atoms with Crippen LogP contribution in [0.4, 0.5) is 0 Å². The molecule has 0 spiro atoms. The number of nitrogens with zero attached hydrogens (tertiary/aromatic N) is 2. The van der Waals surface area contributed by atoms with Gasteiger partial charge >= 0.3 is 0 Å². The summed E-state index contributed by atoms with van der Waals surface area (Å²) in [5, 5.41) is 9.92. The predicted molar refractivity (Wildman–Crippen MR) is 80.8 cm³/mol. The Morgan fingerprint density at radius 1 is 1.19 bits per heavy atom. The molecule has 0 saturated carbocycles. The lowest BCUT2D eigenvalue weighted by molar-refractivity contribution is 0.0734. The molecule has 0 radical (unpaired) electrons. The molecule has 0 fully saturated rings. The van der Waals surface area contributed by atoms with Gasteiger partial charge in [-0.15, -0.1) is 0 Å². The number of amides is 1. The lowest BCUT2D eigenvalue weighted by Gasteiger charge is -2.29. The average Bonchev–Trinajstić information content (AvgIpc) is 2.46. The number of rotatable bonds is 1. The van der Waals surface area contributed by atoms with Crippen LogP contribution in [0.25, 0.3) is 0 Å². The Morgan fingerprint density at radius 2 is 2.00 bits per heavy atom. The number of halogens is 2. The number of hydrogen-bond donors (Lipinski definition) is 1. The fourth-order valence-electron chi connectivity index (χ4n) is 2.46. The Labute approximate surface area is 131 Å². The Morgan fingerprint density at radius 3 is 2.76 bits per heavy atom. The standard InChI is InChI=1S/C15H12Cl2N2O2/c16-13-4-3-12(14(17)18-13)15(21)19-6-5-9-1-2-11(20)7-10(9)8-19/h1-4,7,20H,5-6,8H2. The zero-order valence-corrected chi connectivity index (χ0v) is 12.5. The summed E-state index contributed by atoms with van der Waals surface area (Å²) in [5.74, 6) is 0.0207. The Hall–Kier alpha value is -1.78. The van der Waals surface area contributed by atoms with E-state index in [1.165, 1.54) is 0 Å². The zero-order chi connectivity index (χ0) is 15.0. The summed E-state index contributed by atoms with van der Waals surface area (Å²) in [7, 11) is 0. The number of phenols is 1. The minimum Gasteiger partial charge on any atom is -0.508 e. The van der Waals surface area contributed by atoms with Gasteiger partial charge in [0.1, 0.15) is 16.1 Å². The third-order valence-corrected chi connectivity index (χ3v) is 4.03. The van der Waals surface area contributed by atoms with Crippen LogP contribution >= 0.6 is 23.2 Å². The second-order valence-corrected chi connectivity index (χ2v) is 5.65. The summed E-state index contributed by atoms with van der Waals surface area (Å²) < 4.78 is 0. The van der Waals surface area contributed by atoms with Crippen molar-refractivity contribution in [1.29, 1.82) is 0 Å².